The molecule has 0 aliphatic rings. The molecule has 0 saturated heterocycles. The standard InChI is InChI=1S/C9H9NO3S/c1-2-14-9(13)7-5-3-4-6(10-7)8(11)12/h3-5H,2H2,1H3,(H,11,12). The smallest absolute Gasteiger partial charge is 0.354 e. The molecule has 1 heterocycles. The molecular weight excluding hydrogens is 202 g/mol. The Balaban J connectivity index is 2.93. The number of hydrogen-bond donors (Lipinski definition) is 1. The van der Waals surface area contributed by atoms with Gasteiger partial charge in [0.05, 0.1) is 0 Å². The van der Waals surface area contributed by atoms with E-state index in [0.29, 0.717) is 5.75 Å². The van der Waals surface area contributed by atoms with Crippen molar-refractivity contribution in [3.8, 4) is 0 Å². The van der Waals surface area contributed by atoms with Crippen LogP contribution in [0.5, 0.6) is 0 Å². The monoisotopic (exact) mass is 211 g/mol. The highest BCUT2D eigenvalue weighted by Crippen LogP contribution is 2.10. The minimum Gasteiger partial charge on any atom is -0.477 e. The third kappa shape index (κ3) is 2.56. The van der Waals surface area contributed by atoms with E-state index >= 15 is 0 Å². The van der Waals surface area contributed by atoms with Crippen LogP contribution in [-0.2, 0) is 0 Å². The molecule has 4 nitrogen and oxygen atoms in total. The Kier molecular flexibility index (Phi) is 3.64. The minimum atomic E-state index is -1.12. The largest absolute Gasteiger partial charge is 0.477 e. The summed E-state index contributed by atoms with van der Waals surface area (Å²) >= 11 is 1.11. The zero-order valence-corrected chi connectivity index (χ0v) is 8.37. The van der Waals surface area contributed by atoms with Crippen LogP contribution in [0.3, 0.4) is 0 Å². The van der Waals surface area contributed by atoms with Crippen molar-refractivity contribution < 1.29 is 14.7 Å². The first-order valence-corrected chi connectivity index (χ1v) is 5.01. The molecule has 1 aromatic heterocycles. The summed E-state index contributed by atoms with van der Waals surface area (Å²) in [6.45, 7) is 1.85. The average molecular weight is 211 g/mol. The number of aromatic nitrogens is 1. The van der Waals surface area contributed by atoms with E-state index in [4.69, 9.17) is 5.11 Å². The first-order valence-electron chi connectivity index (χ1n) is 4.02. The van der Waals surface area contributed by atoms with Crippen LogP contribution in [-0.4, -0.2) is 26.9 Å². The van der Waals surface area contributed by atoms with Crippen LogP contribution in [0.15, 0.2) is 18.2 Å². The number of aromatic carboxylic acids is 1. The fraction of sp³-hybridized carbons (Fsp3) is 0.222. The number of carboxylic acids is 1. The summed E-state index contributed by atoms with van der Waals surface area (Å²) in [5.74, 6) is -0.473. The summed E-state index contributed by atoms with van der Waals surface area (Å²) in [7, 11) is 0. The van der Waals surface area contributed by atoms with Crippen LogP contribution >= 0.6 is 11.8 Å². The summed E-state index contributed by atoms with van der Waals surface area (Å²) in [5.41, 5.74) is 0.0873. The Labute approximate surface area is 85.4 Å². The van der Waals surface area contributed by atoms with Crippen molar-refractivity contribution in [1.82, 2.24) is 4.98 Å². The van der Waals surface area contributed by atoms with Crippen LogP contribution in [0.1, 0.15) is 27.9 Å². The molecule has 0 aliphatic heterocycles. The molecule has 14 heavy (non-hydrogen) atoms. The molecule has 1 N–H and O–H groups in total. The zero-order chi connectivity index (χ0) is 10.6. The summed E-state index contributed by atoms with van der Waals surface area (Å²) in [5, 5.41) is 8.44. The van der Waals surface area contributed by atoms with Gasteiger partial charge in [0.2, 0.25) is 5.12 Å². The fourth-order valence-corrected chi connectivity index (χ4v) is 1.40. The lowest BCUT2D eigenvalue weighted by Crippen LogP contribution is -2.05. The van der Waals surface area contributed by atoms with Gasteiger partial charge in [-0.3, -0.25) is 4.79 Å². The SMILES string of the molecule is CCSC(=O)c1cccc(C(=O)O)n1. The number of carbonyl (C=O) groups excluding carboxylic acids is 1. The van der Waals surface area contributed by atoms with Crippen molar-refractivity contribution in [3.05, 3.63) is 29.6 Å². The van der Waals surface area contributed by atoms with Gasteiger partial charge in [0, 0.05) is 0 Å². The Hall–Kier alpha value is -1.36. The highest BCUT2D eigenvalue weighted by atomic mass is 32.2. The Morgan fingerprint density at radius 3 is 2.64 bits per heavy atom. The molecular formula is C9H9NO3S. The van der Waals surface area contributed by atoms with Gasteiger partial charge in [-0.05, 0) is 17.9 Å². The van der Waals surface area contributed by atoms with Crippen molar-refractivity contribution in [3.63, 3.8) is 0 Å². The molecule has 1 rings (SSSR count). The predicted molar refractivity (Wildman–Crippen MR) is 53.7 cm³/mol. The number of thioether (sulfide) groups is 1. The molecule has 0 amide bonds. The van der Waals surface area contributed by atoms with E-state index in [1.807, 2.05) is 6.92 Å². The molecule has 0 unspecified atom stereocenters. The van der Waals surface area contributed by atoms with E-state index in [2.05, 4.69) is 4.98 Å². The van der Waals surface area contributed by atoms with Crippen LogP contribution in [0.25, 0.3) is 0 Å². The second-order valence-electron chi connectivity index (χ2n) is 2.43. The number of pyridine rings is 1. The van der Waals surface area contributed by atoms with Gasteiger partial charge < -0.3 is 5.11 Å². The van der Waals surface area contributed by atoms with E-state index in [-0.39, 0.29) is 16.5 Å². The summed E-state index contributed by atoms with van der Waals surface area (Å²) in [6.07, 6.45) is 0. The van der Waals surface area contributed by atoms with Crippen LogP contribution in [0, 0.1) is 0 Å². The molecule has 0 atom stereocenters. The van der Waals surface area contributed by atoms with Crippen molar-refractivity contribution in [2.45, 2.75) is 6.92 Å². The lowest BCUT2D eigenvalue weighted by molar-refractivity contribution is 0.0690. The fourth-order valence-electron chi connectivity index (χ4n) is 0.873. The number of nitrogens with zero attached hydrogens (tertiary/aromatic N) is 1. The minimum absolute atomic E-state index is 0.104. The molecule has 0 saturated carbocycles. The van der Waals surface area contributed by atoms with E-state index < -0.39 is 5.97 Å². The van der Waals surface area contributed by atoms with Crippen molar-refractivity contribution >= 4 is 22.8 Å². The zero-order valence-electron chi connectivity index (χ0n) is 7.56. The Morgan fingerprint density at radius 1 is 1.43 bits per heavy atom. The maximum Gasteiger partial charge on any atom is 0.354 e. The van der Waals surface area contributed by atoms with E-state index in [1.54, 1.807) is 0 Å². The number of carboxylic acid groups (broad SMARTS) is 1. The summed E-state index contributed by atoms with van der Waals surface area (Å²) in [6, 6.07) is 4.38. The van der Waals surface area contributed by atoms with Gasteiger partial charge in [0.1, 0.15) is 11.4 Å². The van der Waals surface area contributed by atoms with Gasteiger partial charge in [-0.15, -0.1) is 0 Å². The lowest BCUT2D eigenvalue weighted by atomic mass is 10.3. The molecule has 0 radical (unpaired) electrons. The average Bonchev–Trinajstić information content (AvgIpc) is 2.18. The third-order valence-corrected chi connectivity index (χ3v) is 2.21. The van der Waals surface area contributed by atoms with Gasteiger partial charge in [0.25, 0.3) is 0 Å². The van der Waals surface area contributed by atoms with Gasteiger partial charge in [-0.2, -0.15) is 0 Å². The predicted octanol–water partition coefficient (Wildman–Crippen LogP) is 1.67. The third-order valence-electron chi connectivity index (χ3n) is 1.45. The second-order valence-corrected chi connectivity index (χ2v) is 3.67. The summed E-state index contributed by atoms with van der Waals surface area (Å²) < 4.78 is 0. The maximum atomic E-state index is 11.3. The Bertz CT molecular complexity index is 365. The van der Waals surface area contributed by atoms with Crippen molar-refractivity contribution in [2.24, 2.45) is 0 Å². The molecule has 74 valence electrons. The van der Waals surface area contributed by atoms with Gasteiger partial charge >= 0.3 is 5.97 Å². The van der Waals surface area contributed by atoms with Crippen LogP contribution in [0.2, 0.25) is 0 Å². The van der Waals surface area contributed by atoms with Gasteiger partial charge in [0.15, 0.2) is 0 Å². The first-order chi connectivity index (χ1) is 6.65. The maximum absolute atomic E-state index is 11.3. The second kappa shape index (κ2) is 4.76. The van der Waals surface area contributed by atoms with Gasteiger partial charge in [-0.1, -0.05) is 24.8 Å². The number of hydrogen-bond acceptors (Lipinski definition) is 4. The van der Waals surface area contributed by atoms with Crippen molar-refractivity contribution in [1.29, 1.82) is 0 Å². The van der Waals surface area contributed by atoms with E-state index in [9.17, 15) is 9.59 Å². The highest BCUT2D eigenvalue weighted by molar-refractivity contribution is 8.14. The molecule has 0 bridgehead atoms. The highest BCUT2D eigenvalue weighted by Gasteiger charge is 2.10. The lowest BCUT2D eigenvalue weighted by Gasteiger charge is -1.98. The quantitative estimate of drug-likeness (QED) is 0.823. The first kappa shape index (κ1) is 10.7. The Morgan fingerprint density at radius 2 is 2.07 bits per heavy atom. The van der Waals surface area contributed by atoms with Crippen LogP contribution < -0.4 is 0 Å². The molecule has 0 spiro atoms. The molecule has 0 aromatic carbocycles. The molecule has 5 heteroatoms. The van der Waals surface area contributed by atoms with E-state index in [0.717, 1.165) is 11.8 Å². The normalized spacial score (nSPS) is 9.79. The molecule has 0 fully saturated rings. The van der Waals surface area contributed by atoms with Crippen molar-refractivity contribution in [2.75, 3.05) is 5.75 Å². The van der Waals surface area contributed by atoms with E-state index in [1.165, 1.54) is 18.2 Å². The molecule has 0 aliphatic carbocycles. The van der Waals surface area contributed by atoms with Gasteiger partial charge in [-0.25, -0.2) is 9.78 Å². The number of rotatable bonds is 3. The summed E-state index contributed by atoms with van der Waals surface area (Å²) in [4.78, 5) is 25.6. The topological polar surface area (TPSA) is 67.3 Å². The molecule has 1 aromatic rings. The number of carbonyl (C=O) groups is 2. The van der Waals surface area contributed by atoms with Crippen LogP contribution in [0.4, 0.5) is 0 Å².